The van der Waals surface area contributed by atoms with Gasteiger partial charge in [0.25, 0.3) is 0 Å². The number of carbonyl (C=O) groups excluding carboxylic acids is 2. The van der Waals surface area contributed by atoms with E-state index in [9.17, 15) is 18.4 Å². The fraction of sp³-hybridized carbons (Fsp3) is 0.125. The molecule has 3 amide bonds. The van der Waals surface area contributed by atoms with E-state index < -0.39 is 23.6 Å². The first-order valence-corrected chi connectivity index (χ1v) is 6.92. The average molecular weight is 317 g/mol. The maximum Gasteiger partial charge on any atom is 0.326 e. The summed E-state index contributed by atoms with van der Waals surface area (Å²) >= 11 is 0. The Labute approximate surface area is 130 Å². The third-order valence-corrected chi connectivity index (χ3v) is 3.68. The van der Waals surface area contributed by atoms with Crippen molar-refractivity contribution >= 4 is 23.3 Å². The molecule has 0 saturated carbocycles. The number of carbonyl (C=O) groups is 2. The molecule has 1 aliphatic heterocycles. The van der Waals surface area contributed by atoms with Gasteiger partial charge in [0, 0.05) is 12.1 Å². The Kier molecular flexibility index (Phi) is 3.69. The van der Waals surface area contributed by atoms with Gasteiger partial charge in [0.1, 0.15) is 11.6 Å². The Morgan fingerprint density at radius 3 is 2.65 bits per heavy atom. The largest absolute Gasteiger partial charge is 0.366 e. The fourth-order valence-electron chi connectivity index (χ4n) is 2.52. The number of amides is 3. The molecule has 0 aromatic heterocycles. The van der Waals surface area contributed by atoms with E-state index in [-0.39, 0.29) is 11.3 Å². The second-order valence-electron chi connectivity index (χ2n) is 5.16. The summed E-state index contributed by atoms with van der Waals surface area (Å²) in [5, 5.41) is 2.39. The second kappa shape index (κ2) is 5.68. The molecule has 1 aliphatic rings. The van der Waals surface area contributed by atoms with Crippen LogP contribution in [0.2, 0.25) is 0 Å². The number of nitrogens with one attached hydrogen (secondary N) is 1. The maximum absolute atomic E-state index is 13.8. The van der Waals surface area contributed by atoms with Crippen LogP contribution in [0.4, 0.5) is 25.0 Å². The number of hydrogen-bond donors (Lipinski definition) is 2. The SMILES string of the molecule is NC(=O)c1ccc(F)c(NC(=O)N2CCc3ccc(F)cc32)c1. The highest BCUT2D eigenvalue weighted by molar-refractivity contribution is 6.04. The van der Waals surface area contributed by atoms with Gasteiger partial charge in [-0.3, -0.25) is 9.69 Å². The van der Waals surface area contributed by atoms with Crippen LogP contribution >= 0.6 is 0 Å². The van der Waals surface area contributed by atoms with E-state index in [1.54, 1.807) is 6.07 Å². The molecular formula is C16H13F2N3O2. The fourth-order valence-corrected chi connectivity index (χ4v) is 2.52. The predicted octanol–water partition coefficient (Wildman–Crippen LogP) is 2.66. The van der Waals surface area contributed by atoms with Crippen LogP contribution in [-0.2, 0) is 6.42 Å². The zero-order chi connectivity index (χ0) is 16.6. The van der Waals surface area contributed by atoms with Crippen LogP contribution in [0.25, 0.3) is 0 Å². The van der Waals surface area contributed by atoms with Crippen molar-refractivity contribution < 1.29 is 18.4 Å². The van der Waals surface area contributed by atoms with E-state index in [0.717, 1.165) is 17.7 Å². The Bertz CT molecular complexity index is 808. The number of anilines is 2. The summed E-state index contributed by atoms with van der Waals surface area (Å²) < 4.78 is 27.2. The Morgan fingerprint density at radius 1 is 1.13 bits per heavy atom. The van der Waals surface area contributed by atoms with Gasteiger partial charge in [0.05, 0.1) is 11.4 Å². The molecule has 0 saturated heterocycles. The molecule has 0 spiro atoms. The minimum atomic E-state index is -0.728. The van der Waals surface area contributed by atoms with Crippen LogP contribution in [-0.4, -0.2) is 18.5 Å². The summed E-state index contributed by atoms with van der Waals surface area (Å²) in [5.41, 5.74) is 6.35. The van der Waals surface area contributed by atoms with E-state index in [1.165, 1.54) is 23.1 Å². The molecule has 118 valence electrons. The van der Waals surface area contributed by atoms with Gasteiger partial charge < -0.3 is 11.1 Å². The minimum absolute atomic E-state index is 0.0783. The summed E-state index contributed by atoms with van der Waals surface area (Å²) in [6.07, 6.45) is 0.590. The lowest BCUT2D eigenvalue weighted by Crippen LogP contribution is -2.33. The monoisotopic (exact) mass is 317 g/mol. The second-order valence-corrected chi connectivity index (χ2v) is 5.16. The lowest BCUT2D eigenvalue weighted by atomic mass is 10.2. The van der Waals surface area contributed by atoms with Crippen LogP contribution in [0.1, 0.15) is 15.9 Å². The first kappa shape index (κ1) is 15.0. The molecule has 0 fully saturated rings. The van der Waals surface area contributed by atoms with Gasteiger partial charge >= 0.3 is 6.03 Å². The third kappa shape index (κ3) is 2.85. The van der Waals surface area contributed by atoms with E-state index in [4.69, 9.17) is 5.73 Å². The number of urea groups is 1. The van der Waals surface area contributed by atoms with Crippen molar-refractivity contribution in [3.05, 3.63) is 59.2 Å². The number of benzene rings is 2. The quantitative estimate of drug-likeness (QED) is 0.893. The number of rotatable bonds is 2. The first-order valence-electron chi connectivity index (χ1n) is 6.92. The Morgan fingerprint density at radius 2 is 1.91 bits per heavy atom. The van der Waals surface area contributed by atoms with Crippen molar-refractivity contribution in [2.24, 2.45) is 5.73 Å². The standard InChI is InChI=1S/C16H13F2N3O2/c17-11-3-1-9-5-6-21(14(9)8-11)16(23)20-13-7-10(15(19)22)2-4-12(13)18/h1-4,7-8H,5-6H2,(H2,19,22)(H,20,23). The van der Waals surface area contributed by atoms with Gasteiger partial charge in [-0.15, -0.1) is 0 Å². The third-order valence-electron chi connectivity index (χ3n) is 3.68. The first-order chi connectivity index (χ1) is 11.0. The van der Waals surface area contributed by atoms with Crippen molar-refractivity contribution in [3.8, 4) is 0 Å². The van der Waals surface area contributed by atoms with Crippen molar-refractivity contribution in [1.29, 1.82) is 0 Å². The van der Waals surface area contributed by atoms with Gasteiger partial charge in [-0.1, -0.05) is 6.07 Å². The molecule has 2 aromatic carbocycles. The van der Waals surface area contributed by atoms with Crippen LogP contribution in [0, 0.1) is 11.6 Å². The molecule has 3 N–H and O–H groups in total. The number of fused-ring (bicyclic) bond motifs is 1. The molecule has 0 unspecified atom stereocenters. The highest BCUT2D eigenvalue weighted by Gasteiger charge is 2.25. The normalized spacial score (nSPS) is 12.9. The van der Waals surface area contributed by atoms with Crippen molar-refractivity contribution in [2.75, 3.05) is 16.8 Å². The molecular weight excluding hydrogens is 304 g/mol. The molecule has 0 aliphatic carbocycles. The zero-order valence-corrected chi connectivity index (χ0v) is 12.0. The van der Waals surface area contributed by atoms with E-state index >= 15 is 0 Å². The number of primary amides is 1. The van der Waals surface area contributed by atoms with Gasteiger partial charge in [-0.25, -0.2) is 13.6 Å². The van der Waals surface area contributed by atoms with Crippen molar-refractivity contribution in [1.82, 2.24) is 0 Å². The number of hydrogen-bond acceptors (Lipinski definition) is 2. The maximum atomic E-state index is 13.8. The molecule has 0 atom stereocenters. The highest BCUT2D eigenvalue weighted by atomic mass is 19.1. The topological polar surface area (TPSA) is 75.4 Å². The molecule has 1 heterocycles. The minimum Gasteiger partial charge on any atom is -0.366 e. The zero-order valence-electron chi connectivity index (χ0n) is 12.0. The molecule has 3 rings (SSSR count). The summed E-state index contributed by atoms with van der Waals surface area (Å²) in [4.78, 5) is 24.8. The van der Waals surface area contributed by atoms with Gasteiger partial charge in [0.2, 0.25) is 5.91 Å². The molecule has 7 heteroatoms. The van der Waals surface area contributed by atoms with Crippen molar-refractivity contribution in [3.63, 3.8) is 0 Å². The van der Waals surface area contributed by atoms with E-state index in [0.29, 0.717) is 18.7 Å². The smallest absolute Gasteiger partial charge is 0.326 e. The Hall–Kier alpha value is -2.96. The summed E-state index contributed by atoms with van der Waals surface area (Å²) in [6.45, 7) is 0.363. The van der Waals surface area contributed by atoms with E-state index in [2.05, 4.69) is 5.32 Å². The van der Waals surface area contributed by atoms with Gasteiger partial charge in [-0.2, -0.15) is 0 Å². The molecule has 5 nitrogen and oxygen atoms in total. The van der Waals surface area contributed by atoms with Crippen LogP contribution in [0.5, 0.6) is 0 Å². The summed E-state index contributed by atoms with van der Waals surface area (Å²) in [5.74, 6) is -1.87. The summed E-state index contributed by atoms with van der Waals surface area (Å²) in [6, 6.07) is 7.05. The predicted molar refractivity (Wildman–Crippen MR) is 81.4 cm³/mol. The average Bonchev–Trinajstić information content (AvgIpc) is 2.92. The Balaban J connectivity index is 1.85. The number of nitrogens with two attached hydrogens (primary N) is 1. The van der Waals surface area contributed by atoms with Crippen LogP contribution in [0.15, 0.2) is 36.4 Å². The van der Waals surface area contributed by atoms with Crippen LogP contribution in [0.3, 0.4) is 0 Å². The highest BCUT2D eigenvalue weighted by Crippen LogP contribution is 2.29. The van der Waals surface area contributed by atoms with Crippen molar-refractivity contribution in [2.45, 2.75) is 6.42 Å². The molecule has 0 radical (unpaired) electrons. The van der Waals surface area contributed by atoms with Gasteiger partial charge in [0.15, 0.2) is 0 Å². The molecule has 0 bridgehead atoms. The van der Waals surface area contributed by atoms with E-state index in [1.807, 2.05) is 0 Å². The van der Waals surface area contributed by atoms with Gasteiger partial charge in [-0.05, 0) is 42.3 Å². The lowest BCUT2D eigenvalue weighted by molar-refractivity contribution is 0.1000. The lowest BCUT2D eigenvalue weighted by Gasteiger charge is -2.18. The molecule has 23 heavy (non-hydrogen) atoms. The van der Waals surface area contributed by atoms with Crippen LogP contribution < -0.4 is 16.0 Å². The molecule has 2 aromatic rings. The summed E-state index contributed by atoms with van der Waals surface area (Å²) in [7, 11) is 0. The number of halogens is 2. The number of nitrogens with zero attached hydrogens (tertiary/aromatic N) is 1.